The van der Waals surface area contributed by atoms with Crippen LogP contribution in [0.4, 0.5) is 5.69 Å². The van der Waals surface area contributed by atoms with Crippen molar-refractivity contribution in [1.29, 1.82) is 10.8 Å². The molecule has 26 heavy (non-hydrogen) atoms. The van der Waals surface area contributed by atoms with Gasteiger partial charge in [0.05, 0.1) is 16.4 Å². The number of thiazole rings is 1. The summed E-state index contributed by atoms with van der Waals surface area (Å²) in [6.45, 7) is 2.04. The third kappa shape index (κ3) is 4.30. The van der Waals surface area contributed by atoms with Gasteiger partial charge >= 0.3 is 0 Å². The summed E-state index contributed by atoms with van der Waals surface area (Å²) in [5, 5.41) is 19.0. The van der Waals surface area contributed by atoms with Crippen molar-refractivity contribution in [3.05, 3.63) is 40.3 Å². The molecule has 0 aliphatic carbocycles. The first-order valence-electron chi connectivity index (χ1n) is 8.37. The van der Waals surface area contributed by atoms with Crippen molar-refractivity contribution >= 4 is 29.3 Å². The lowest BCUT2D eigenvalue weighted by atomic mass is 9.98. The first-order valence-corrected chi connectivity index (χ1v) is 9.25. The zero-order valence-electron chi connectivity index (χ0n) is 14.4. The summed E-state index contributed by atoms with van der Waals surface area (Å²) in [6, 6.07) is 7.25. The van der Waals surface area contributed by atoms with Crippen molar-refractivity contribution < 1.29 is 4.74 Å². The summed E-state index contributed by atoms with van der Waals surface area (Å²) >= 11 is 1.67. The second kappa shape index (κ2) is 8.15. The van der Waals surface area contributed by atoms with Crippen LogP contribution >= 0.6 is 11.3 Å². The molecule has 1 saturated heterocycles. The molecule has 0 radical (unpaired) electrons. The van der Waals surface area contributed by atoms with Gasteiger partial charge in [-0.25, -0.2) is 10.8 Å². The predicted molar refractivity (Wildman–Crippen MR) is 104 cm³/mol. The second-order valence-corrected chi connectivity index (χ2v) is 7.03. The molecule has 1 fully saturated rings. The van der Waals surface area contributed by atoms with E-state index in [2.05, 4.69) is 0 Å². The number of anilines is 1. The minimum atomic E-state index is 0.154. The monoisotopic (exact) mass is 373 g/mol. The van der Waals surface area contributed by atoms with Crippen molar-refractivity contribution in [2.45, 2.75) is 25.4 Å². The molecule has 1 aromatic carbocycles. The van der Waals surface area contributed by atoms with E-state index in [-0.39, 0.29) is 5.96 Å². The van der Waals surface area contributed by atoms with Gasteiger partial charge in [0.2, 0.25) is 0 Å². The molecule has 6 N–H and O–H groups in total. The maximum atomic E-state index is 7.50. The molecule has 0 saturated carbocycles. The number of nitrogens with two attached hydrogens (primary N) is 2. The van der Waals surface area contributed by atoms with E-state index in [0.717, 1.165) is 54.4 Å². The zero-order valence-corrected chi connectivity index (χ0v) is 15.2. The number of guanidine groups is 1. The quantitative estimate of drug-likeness (QED) is 0.266. The normalized spacial score (nSPS) is 14.9. The molecule has 1 aromatic heterocycles. The number of likely N-dealkylation sites (tertiary alicyclic amines) is 1. The molecule has 8 nitrogen and oxygen atoms in total. The minimum absolute atomic E-state index is 0.154. The van der Waals surface area contributed by atoms with Crippen molar-refractivity contribution in [1.82, 2.24) is 9.88 Å². The molecule has 2 aromatic rings. The topological polar surface area (TPSA) is 128 Å². The van der Waals surface area contributed by atoms with Gasteiger partial charge in [-0.3, -0.25) is 15.8 Å². The van der Waals surface area contributed by atoms with Gasteiger partial charge in [-0.2, -0.15) is 0 Å². The Hall–Kier alpha value is -2.65. The minimum Gasteiger partial charge on any atom is -0.487 e. The van der Waals surface area contributed by atoms with E-state index in [0.29, 0.717) is 12.5 Å². The van der Waals surface area contributed by atoms with Crippen LogP contribution in [0.5, 0.6) is 5.75 Å². The van der Waals surface area contributed by atoms with Crippen molar-refractivity contribution in [3.8, 4) is 5.75 Å². The largest absolute Gasteiger partial charge is 0.487 e. The van der Waals surface area contributed by atoms with Crippen LogP contribution in [-0.4, -0.2) is 35.3 Å². The van der Waals surface area contributed by atoms with Gasteiger partial charge < -0.3 is 15.4 Å². The summed E-state index contributed by atoms with van der Waals surface area (Å²) < 4.78 is 5.78. The zero-order chi connectivity index (χ0) is 18.5. The molecule has 3 rings (SSSR count). The standard InChI is InChI=1S/C17H23N7OS/c18-11-24(21)14-1-3-15(4-2-14)25-9-13-10-26-16(22-13)12-5-7-23(8-6-12)17(19)20/h1-4,10-12,18H,5-9,21H2,(H3,19,20). The number of ether oxygens (including phenoxy) is 1. The maximum absolute atomic E-state index is 7.50. The number of benzene rings is 1. The first kappa shape index (κ1) is 18.2. The number of aromatic nitrogens is 1. The van der Waals surface area contributed by atoms with Gasteiger partial charge in [0.15, 0.2) is 5.96 Å². The SMILES string of the molecule is N=CN(N)c1ccc(OCc2csc(C3CCN(C(=N)N)CC3)n2)cc1. The van der Waals surface area contributed by atoms with Gasteiger partial charge in [-0.15, -0.1) is 11.3 Å². The maximum Gasteiger partial charge on any atom is 0.188 e. The van der Waals surface area contributed by atoms with Crippen LogP contribution in [0.1, 0.15) is 29.5 Å². The fraction of sp³-hybridized carbons (Fsp3) is 0.353. The fourth-order valence-corrected chi connectivity index (χ4v) is 3.87. The van der Waals surface area contributed by atoms with Crippen LogP contribution in [0, 0.1) is 10.8 Å². The van der Waals surface area contributed by atoms with Crippen LogP contribution < -0.4 is 21.3 Å². The number of rotatable bonds is 6. The van der Waals surface area contributed by atoms with Crippen LogP contribution in [0.2, 0.25) is 0 Å². The first-order chi connectivity index (χ1) is 12.6. The predicted octanol–water partition coefficient (Wildman–Crippen LogP) is 2.08. The Morgan fingerprint density at radius 2 is 2.04 bits per heavy atom. The molecule has 0 bridgehead atoms. The van der Waals surface area contributed by atoms with E-state index in [1.54, 1.807) is 23.5 Å². The van der Waals surface area contributed by atoms with Crippen LogP contribution in [0.15, 0.2) is 29.6 Å². The molecule has 9 heteroatoms. The van der Waals surface area contributed by atoms with Crippen LogP contribution in [-0.2, 0) is 6.61 Å². The van der Waals surface area contributed by atoms with E-state index < -0.39 is 0 Å². The number of nitrogens with one attached hydrogen (secondary N) is 2. The highest BCUT2D eigenvalue weighted by molar-refractivity contribution is 7.09. The van der Waals surface area contributed by atoms with E-state index in [1.165, 1.54) is 5.01 Å². The van der Waals surface area contributed by atoms with Gasteiger partial charge in [-0.1, -0.05) is 0 Å². The fourth-order valence-electron chi connectivity index (χ4n) is 2.89. The number of nitrogens with zero attached hydrogens (tertiary/aromatic N) is 3. The Labute approximate surface area is 156 Å². The third-order valence-electron chi connectivity index (χ3n) is 4.42. The Balaban J connectivity index is 1.52. The molecular formula is C17H23N7OS. The molecule has 1 aliphatic rings. The molecule has 1 aliphatic heterocycles. The van der Waals surface area contributed by atoms with E-state index in [1.807, 2.05) is 22.4 Å². The lowest BCUT2D eigenvalue weighted by Gasteiger charge is -2.31. The van der Waals surface area contributed by atoms with E-state index in [4.69, 9.17) is 32.1 Å². The Morgan fingerprint density at radius 1 is 1.35 bits per heavy atom. The summed E-state index contributed by atoms with van der Waals surface area (Å²) in [6.07, 6.45) is 2.99. The van der Waals surface area contributed by atoms with Gasteiger partial charge in [0.25, 0.3) is 0 Å². The highest BCUT2D eigenvalue weighted by atomic mass is 32.1. The average Bonchev–Trinajstić information content (AvgIpc) is 3.15. The number of hydrogen-bond donors (Lipinski definition) is 4. The number of piperidine rings is 1. The lowest BCUT2D eigenvalue weighted by molar-refractivity contribution is 0.297. The van der Waals surface area contributed by atoms with E-state index in [9.17, 15) is 0 Å². The van der Waals surface area contributed by atoms with Gasteiger partial charge in [-0.05, 0) is 37.1 Å². The highest BCUT2D eigenvalue weighted by Crippen LogP contribution is 2.30. The average molecular weight is 373 g/mol. The second-order valence-electron chi connectivity index (χ2n) is 6.14. The lowest BCUT2D eigenvalue weighted by Crippen LogP contribution is -2.41. The molecule has 0 unspecified atom stereocenters. The molecule has 138 valence electrons. The van der Waals surface area contributed by atoms with Crippen molar-refractivity contribution in [2.75, 3.05) is 18.1 Å². The molecule has 0 spiro atoms. The Bertz CT molecular complexity index is 753. The summed E-state index contributed by atoms with van der Waals surface area (Å²) in [5.41, 5.74) is 7.18. The van der Waals surface area contributed by atoms with Crippen molar-refractivity contribution in [3.63, 3.8) is 0 Å². The van der Waals surface area contributed by atoms with E-state index >= 15 is 0 Å². The molecule has 0 atom stereocenters. The summed E-state index contributed by atoms with van der Waals surface area (Å²) in [7, 11) is 0. The number of hydrogen-bond acceptors (Lipinski definition) is 6. The Kier molecular flexibility index (Phi) is 5.69. The number of hydrazine groups is 1. The molecule has 2 heterocycles. The third-order valence-corrected chi connectivity index (χ3v) is 5.47. The van der Waals surface area contributed by atoms with Crippen LogP contribution in [0.25, 0.3) is 0 Å². The summed E-state index contributed by atoms with van der Waals surface area (Å²) in [5.74, 6) is 6.94. The van der Waals surface area contributed by atoms with Crippen LogP contribution in [0.3, 0.4) is 0 Å². The Morgan fingerprint density at radius 3 is 2.65 bits per heavy atom. The van der Waals surface area contributed by atoms with Gasteiger partial charge in [0.1, 0.15) is 18.7 Å². The van der Waals surface area contributed by atoms with Gasteiger partial charge in [0, 0.05) is 24.4 Å². The van der Waals surface area contributed by atoms with Crippen molar-refractivity contribution in [2.24, 2.45) is 11.6 Å². The smallest absolute Gasteiger partial charge is 0.188 e. The molecule has 0 amide bonds. The summed E-state index contributed by atoms with van der Waals surface area (Å²) in [4.78, 5) is 6.61. The highest BCUT2D eigenvalue weighted by Gasteiger charge is 2.23. The molecular weight excluding hydrogens is 350 g/mol.